The second kappa shape index (κ2) is 10.1. The minimum atomic E-state index is -0.496. The Morgan fingerprint density at radius 3 is 2.17 bits per heavy atom. The van der Waals surface area contributed by atoms with E-state index >= 15 is 0 Å². The van der Waals surface area contributed by atoms with Crippen LogP contribution in [0.25, 0.3) is 0 Å². The van der Waals surface area contributed by atoms with Crippen LogP contribution in [0.2, 0.25) is 0 Å². The number of esters is 1. The fraction of sp³-hybridized carbons (Fsp3) is 0.391. The molecule has 0 aromatic heterocycles. The molecule has 0 radical (unpaired) electrons. The van der Waals surface area contributed by atoms with Gasteiger partial charge in [0, 0.05) is 37.6 Å². The summed E-state index contributed by atoms with van der Waals surface area (Å²) in [4.78, 5) is 28.9. The summed E-state index contributed by atoms with van der Waals surface area (Å²) >= 11 is 0. The zero-order valence-corrected chi connectivity index (χ0v) is 17.2. The van der Waals surface area contributed by atoms with Crippen LogP contribution < -0.4 is 10.2 Å². The highest BCUT2D eigenvalue weighted by atomic mass is 16.5. The Morgan fingerprint density at radius 1 is 0.931 bits per heavy atom. The summed E-state index contributed by atoms with van der Waals surface area (Å²) in [5, 5.41) is 2.77. The van der Waals surface area contributed by atoms with Gasteiger partial charge in [0.15, 0.2) is 6.61 Å². The third-order valence-corrected chi connectivity index (χ3v) is 5.27. The summed E-state index contributed by atoms with van der Waals surface area (Å²) in [5.41, 5.74) is 3.44. The number of nitrogens with one attached hydrogen (secondary N) is 1. The molecule has 1 amide bonds. The van der Waals surface area contributed by atoms with E-state index in [-0.39, 0.29) is 12.5 Å². The lowest BCUT2D eigenvalue weighted by molar-refractivity contribution is -0.119. The van der Waals surface area contributed by atoms with Crippen LogP contribution in [0.5, 0.6) is 0 Å². The molecule has 0 unspecified atom stereocenters. The van der Waals surface area contributed by atoms with Crippen molar-refractivity contribution >= 4 is 23.3 Å². The highest BCUT2D eigenvalue weighted by Gasteiger charge is 2.16. The van der Waals surface area contributed by atoms with E-state index in [1.54, 1.807) is 12.1 Å². The van der Waals surface area contributed by atoms with Gasteiger partial charge < -0.3 is 19.9 Å². The van der Waals surface area contributed by atoms with Crippen molar-refractivity contribution in [2.45, 2.75) is 20.3 Å². The van der Waals surface area contributed by atoms with Crippen molar-refractivity contribution in [2.75, 3.05) is 49.5 Å². The SMILES string of the molecule is CCc1ccc(C(=O)OCC(=O)Nc2ccc(N3CCN(CC)CC3)cc2)cc1. The van der Waals surface area contributed by atoms with Gasteiger partial charge in [0.05, 0.1) is 5.56 Å². The highest BCUT2D eigenvalue weighted by molar-refractivity contribution is 5.95. The van der Waals surface area contributed by atoms with E-state index in [2.05, 4.69) is 29.0 Å². The molecule has 0 bridgehead atoms. The maximum absolute atomic E-state index is 12.1. The summed E-state index contributed by atoms with van der Waals surface area (Å²) in [6.45, 7) is 9.18. The molecule has 0 aliphatic carbocycles. The molecule has 2 aromatic rings. The summed E-state index contributed by atoms with van der Waals surface area (Å²) in [6.07, 6.45) is 0.908. The number of carbonyl (C=O) groups is 2. The summed E-state index contributed by atoms with van der Waals surface area (Å²) in [7, 11) is 0. The number of nitrogens with zero attached hydrogens (tertiary/aromatic N) is 2. The number of hydrogen-bond donors (Lipinski definition) is 1. The Labute approximate surface area is 172 Å². The number of piperazine rings is 1. The quantitative estimate of drug-likeness (QED) is 0.730. The lowest BCUT2D eigenvalue weighted by atomic mass is 10.1. The first-order valence-electron chi connectivity index (χ1n) is 10.2. The lowest BCUT2D eigenvalue weighted by Gasteiger charge is -2.35. The number of hydrogen-bond acceptors (Lipinski definition) is 5. The van der Waals surface area contributed by atoms with Crippen LogP contribution in [-0.2, 0) is 16.0 Å². The topological polar surface area (TPSA) is 61.9 Å². The molecule has 6 nitrogen and oxygen atoms in total. The lowest BCUT2D eigenvalue weighted by Crippen LogP contribution is -2.46. The largest absolute Gasteiger partial charge is 0.452 e. The maximum Gasteiger partial charge on any atom is 0.338 e. The molecule has 1 N–H and O–H groups in total. The second-order valence-corrected chi connectivity index (χ2v) is 7.14. The van der Waals surface area contributed by atoms with Crippen molar-refractivity contribution in [2.24, 2.45) is 0 Å². The van der Waals surface area contributed by atoms with E-state index in [1.807, 2.05) is 36.4 Å². The fourth-order valence-electron chi connectivity index (χ4n) is 3.37. The second-order valence-electron chi connectivity index (χ2n) is 7.14. The minimum absolute atomic E-state index is 0.310. The van der Waals surface area contributed by atoms with Crippen LogP contribution in [0.4, 0.5) is 11.4 Å². The van der Waals surface area contributed by atoms with Crippen LogP contribution in [0, 0.1) is 0 Å². The fourth-order valence-corrected chi connectivity index (χ4v) is 3.37. The van der Waals surface area contributed by atoms with E-state index in [9.17, 15) is 9.59 Å². The van der Waals surface area contributed by atoms with Crippen LogP contribution >= 0.6 is 0 Å². The molecule has 154 valence electrons. The Hall–Kier alpha value is -2.86. The molecule has 1 heterocycles. The van der Waals surface area contributed by atoms with Crippen molar-refractivity contribution < 1.29 is 14.3 Å². The molecule has 2 aromatic carbocycles. The van der Waals surface area contributed by atoms with Crippen molar-refractivity contribution in [1.29, 1.82) is 0 Å². The Bertz CT molecular complexity index is 810. The molecule has 0 spiro atoms. The van der Waals surface area contributed by atoms with Crippen molar-refractivity contribution in [3.63, 3.8) is 0 Å². The molecule has 1 fully saturated rings. The number of benzene rings is 2. The number of anilines is 2. The van der Waals surface area contributed by atoms with Gasteiger partial charge in [-0.05, 0) is 54.9 Å². The third kappa shape index (κ3) is 5.81. The van der Waals surface area contributed by atoms with E-state index < -0.39 is 5.97 Å². The Balaban J connectivity index is 1.46. The number of aryl methyl sites for hydroxylation is 1. The highest BCUT2D eigenvalue weighted by Crippen LogP contribution is 2.19. The molecule has 1 aliphatic heterocycles. The first kappa shape index (κ1) is 20.9. The third-order valence-electron chi connectivity index (χ3n) is 5.27. The van der Waals surface area contributed by atoms with Crippen LogP contribution in [0.1, 0.15) is 29.8 Å². The number of ether oxygens (including phenoxy) is 1. The Kier molecular flexibility index (Phi) is 7.25. The predicted octanol–water partition coefficient (Wildman–Crippen LogP) is 3.19. The van der Waals surface area contributed by atoms with Crippen LogP contribution in [0.15, 0.2) is 48.5 Å². The van der Waals surface area contributed by atoms with Gasteiger partial charge in [0.1, 0.15) is 0 Å². The van der Waals surface area contributed by atoms with Gasteiger partial charge in [-0.25, -0.2) is 4.79 Å². The number of likely N-dealkylation sites (N-methyl/N-ethyl adjacent to an activating group) is 1. The normalized spacial score (nSPS) is 14.5. The number of amides is 1. The molecule has 0 saturated carbocycles. The maximum atomic E-state index is 12.1. The van der Waals surface area contributed by atoms with Gasteiger partial charge in [-0.1, -0.05) is 26.0 Å². The summed E-state index contributed by atoms with van der Waals surface area (Å²) in [5.74, 6) is -0.850. The van der Waals surface area contributed by atoms with Gasteiger partial charge >= 0.3 is 5.97 Å². The van der Waals surface area contributed by atoms with Gasteiger partial charge in [0.2, 0.25) is 0 Å². The average molecular weight is 396 g/mol. The van der Waals surface area contributed by atoms with Crippen molar-refractivity contribution in [3.05, 3.63) is 59.7 Å². The van der Waals surface area contributed by atoms with Crippen molar-refractivity contribution in [3.8, 4) is 0 Å². The van der Waals surface area contributed by atoms with Crippen LogP contribution in [-0.4, -0.2) is 56.1 Å². The van der Waals surface area contributed by atoms with Gasteiger partial charge in [-0.2, -0.15) is 0 Å². The van der Waals surface area contributed by atoms with E-state index in [0.29, 0.717) is 11.3 Å². The van der Waals surface area contributed by atoms with E-state index in [0.717, 1.165) is 50.4 Å². The van der Waals surface area contributed by atoms with E-state index in [4.69, 9.17) is 4.74 Å². The molecular formula is C23H29N3O3. The Morgan fingerprint density at radius 2 is 1.59 bits per heavy atom. The van der Waals surface area contributed by atoms with Gasteiger partial charge in [-0.15, -0.1) is 0 Å². The number of rotatable bonds is 7. The molecule has 29 heavy (non-hydrogen) atoms. The van der Waals surface area contributed by atoms with E-state index in [1.165, 1.54) is 0 Å². The molecule has 0 atom stereocenters. The molecule has 1 aliphatic rings. The predicted molar refractivity (Wildman–Crippen MR) is 116 cm³/mol. The molecule has 1 saturated heterocycles. The van der Waals surface area contributed by atoms with Crippen molar-refractivity contribution in [1.82, 2.24) is 4.90 Å². The van der Waals surface area contributed by atoms with Gasteiger partial charge in [0.25, 0.3) is 5.91 Å². The average Bonchev–Trinajstić information content (AvgIpc) is 2.78. The first-order chi connectivity index (χ1) is 14.1. The smallest absolute Gasteiger partial charge is 0.338 e. The molecular weight excluding hydrogens is 366 g/mol. The molecule has 6 heteroatoms. The first-order valence-corrected chi connectivity index (χ1v) is 10.2. The van der Waals surface area contributed by atoms with Crippen LogP contribution in [0.3, 0.4) is 0 Å². The summed E-state index contributed by atoms with van der Waals surface area (Å²) < 4.78 is 5.11. The zero-order valence-electron chi connectivity index (χ0n) is 17.2. The number of carbonyl (C=O) groups excluding carboxylic acids is 2. The standard InChI is InChI=1S/C23H29N3O3/c1-3-18-5-7-19(8-6-18)23(28)29-17-22(27)24-20-9-11-21(12-10-20)26-15-13-25(4-2)14-16-26/h5-12H,3-4,13-17H2,1-2H3,(H,24,27). The molecule has 3 rings (SSSR count). The minimum Gasteiger partial charge on any atom is -0.452 e. The summed E-state index contributed by atoms with van der Waals surface area (Å²) in [6, 6.07) is 15.0. The van der Waals surface area contributed by atoms with Gasteiger partial charge in [-0.3, -0.25) is 4.79 Å². The zero-order chi connectivity index (χ0) is 20.6. The monoisotopic (exact) mass is 395 g/mol.